The van der Waals surface area contributed by atoms with Crippen LogP contribution in [0.15, 0.2) is 22.7 Å². The summed E-state index contributed by atoms with van der Waals surface area (Å²) in [5.74, 6) is -0.465. The van der Waals surface area contributed by atoms with E-state index in [2.05, 4.69) is 15.9 Å². The molecule has 0 saturated heterocycles. The van der Waals surface area contributed by atoms with Gasteiger partial charge in [0.15, 0.2) is 6.10 Å². The van der Waals surface area contributed by atoms with Crippen molar-refractivity contribution in [3.63, 3.8) is 0 Å². The molecule has 0 spiro atoms. The number of halogens is 2. The number of nitriles is 1. The Morgan fingerprint density at radius 2 is 2.07 bits per heavy atom. The molecular weight excluding hydrogens is 253 g/mol. The molecule has 0 aliphatic heterocycles. The molecule has 0 heterocycles. The summed E-state index contributed by atoms with van der Waals surface area (Å²) in [5.41, 5.74) is 0.285. The normalized spacial score (nSPS) is 14.5. The van der Waals surface area contributed by atoms with E-state index in [4.69, 9.17) is 10.4 Å². The van der Waals surface area contributed by atoms with Crippen molar-refractivity contribution in [1.82, 2.24) is 0 Å². The highest BCUT2D eigenvalue weighted by Crippen LogP contribution is 2.23. The Balaban J connectivity index is 2.98. The fourth-order valence-corrected chi connectivity index (χ4v) is 1.35. The smallest absolute Gasteiger partial charge is 0.170 e. The minimum Gasteiger partial charge on any atom is -0.385 e. The van der Waals surface area contributed by atoms with Gasteiger partial charge in [-0.3, -0.25) is 0 Å². The van der Waals surface area contributed by atoms with Crippen molar-refractivity contribution in [2.45, 2.75) is 12.2 Å². The van der Waals surface area contributed by atoms with Crippen LogP contribution in [0.4, 0.5) is 4.39 Å². The monoisotopic (exact) mass is 259 g/mol. The summed E-state index contributed by atoms with van der Waals surface area (Å²) in [4.78, 5) is 0. The van der Waals surface area contributed by atoms with Gasteiger partial charge in [-0.25, -0.2) is 4.39 Å². The van der Waals surface area contributed by atoms with E-state index in [9.17, 15) is 9.50 Å². The maximum atomic E-state index is 12.8. The van der Waals surface area contributed by atoms with E-state index >= 15 is 0 Å². The predicted molar refractivity (Wildman–Crippen MR) is 50.7 cm³/mol. The Kier molecular flexibility index (Phi) is 3.58. The summed E-state index contributed by atoms with van der Waals surface area (Å²) in [6, 6.07) is 5.27. The molecule has 1 aromatic rings. The highest BCUT2D eigenvalue weighted by atomic mass is 79.9. The summed E-state index contributed by atoms with van der Waals surface area (Å²) in [7, 11) is 0. The van der Waals surface area contributed by atoms with Gasteiger partial charge in [0.1, 0.15) is 11.9 Å². The zero-order valence-corrected chi connectivity index (χ0v) is 8.57. The Bertz CT molecular complexity index is 378. The number of benzene rings is 1. The standard InChI is InChI=1S/C9H7BrFNO2/c10-6-3-5(1-2-7(6)11)9(14)8(13)4-12/h1-3,8-9,13-14H. The minimum atomic E-state index is -1.51. The lowest BCUT2D eigenvalue weighted by Gasteiger charge is -2.12. The van der Waals surface area contributed by atoms with Crippen molar-refractivity contribution in [2.24, 2.45) is 0 Å². The van der Waals surface area contributed by atoms with Crippen LogP contribution in [0.25, 0.3) is 0 Å². The molecule has 0 bridgehead atoms. The van der Waals surface area contributed by atoms with Crippen LogP contribution >= 0.6 is 15.9 Å². The second kappa shape index (κ2) is 4.51. The number of nitrogens with zero attached hydrogens (tertiary/aromatic N) is 1. The molecule has 0 fully saturated rings. The SMILES string of the molecule is N#CC(O)C(O)c1ccc(F)c(Br)c1. The van der Waals surface area contributed by atoms with E-state index in [1.54, 1.807) is 0 Å². The van der Waals surface area contributed by atoms with Gasteiger partial charge in [-0.15, -0.1) is 0 Å². The molecule has 0 radical (unpaired) electrons. The number of aliphatic hydroxyl groups excluding tert-OH is 2. The topological polar surface area (TPSA) is 64.2 Å². The number of aliphatic hydroxyl groups is 2. The molecule has 0 amide bonds. The third-order valence-electron chi connectivity index (χ3n) is 1.72. The van der Waals surface area contributed by atoms with Crippen LogP contribution in [0.3, 0.4) is 0 Å². The predicted octanol–water partition coefficient (Wildman–Crippen LogP) is 1.51. The quantitative estimate of drug-likeness (QED) is 0.792. The van der Waals surface area contributed by atoms with Gasteiger partial charge in [0.2, 0.25) is 0 Å². The first-order chi connectivity index (χ1) is 6.56. The molecular formula is C9H7BrFNO2. The van der Waals surface area contributed by atoms with Crippen LogP contribution in [0, 0.1) is 17.1 Å². The molecule has 0 aromatic heterocycles. The van der Waals surface area contributed by atoms with Gasteiger partial charge in [0.25, 0.3) is 0 Å². The Morgan fingerprint density at radius 1 is 1.43 bits per heavy atom. The zero-order chi connectivity index (χ0) is 10.7. The van der Waals surface area contributed by atoms with Crippen molar-refractivity contribution in [3.8, 4) is 6.07 Å². The van der Waals surface area contributed by atoms with E-state index < -0.39 is 18.0 Å². The lowest BCUT2D eigenvalue weighted by molar-refractivity contribution is 0.0527. The average molecular weight is 260 g/mol. The van der Waals surface area contributed by atoms with Gasteiger partial charge < -0.3 is 10.2 Å². The molecule has 74 valence electrons. The van der Waals surface area contributed by atoms with Crippen molar-refractivity contribution in [3.05, 3.63) is 34.1 Å². The molecule has 2 atom stereocenters. The van der Waals surface area contributed by atoms with E-state index in [0.717, 1.165) is 6.07 Å². The van der Waals surface area contributed by atoms with Crippen LogP contribution in [0.2, 0.25) is 0 Å². The molecule has 5 heteroatoms. The fraction of sp³-hybridized carbons (Fsp3) is 0.222. The van der Waals surface area contributed by atoms with E-state index in [-0.39, 0.29) is 10.0 Å². The van der Waals surface area contributed by atoms with Gasteiger partial charge in [0, 0.05) is 0 Å². The number of hydrogen-bond acceptors (Lipinski definition) is 3. The summed E-state index contributed by atoms with van der Waals surface area (Å²) < 4.78 is 13.0. The molecule has 1 rings (SSSR count). The zero-order valence-electron chi connectivity index (χ0n) is 6.98. The third-order valence-corrected chi connectivity index (χ3v) is 2.32. The maximum Gasteiger partial charge on any atom is 0.170 e. The highest BCUT2D eigenvalue weighted by Gasteiger charge is 2.18. The Hall–Kier alpha value is -0.960. The molecule has 2 unspecified atom stereocenters. The molecule has 0 aliphatic rings. The Morgan fingerprint density at radius 3 is 2.57 bits per heavy atom. The lowest BCUT2D eigenvalue weighted by Crippen LogP contribution is -2.15. The average Bonchev–Trinajstić information content (AvgIpc) is 2.20. The second-order valence-electron chi connectivity index (χ2n) is 2.69. The van der Waals surface area contributed by atoms with Crippen LogP contribution < -0.4 is 0 Å². The van der Waals surface area contributed by atoms with Gasteiger partial charge >= 0.3 is 0 Å². The van der Waals surface area contributed by atoms with Gasteiger partial charge in [-0.1, -0.05) is 6.07 Å². The van der Waals surface area contributed by atoms with Crippen LogP contribution in [0.1, 0.15) is 11.7 Å². The van der Waals surface area contributed by atoms with Crippen LogP contribution in [-0.2, 0) is 0 Å². The summed E-state index contributed by atoms with van der Waals surface area (Å²) >= 11 is 2.93. The van der Waals surface area contributed by atoms with Gasteiger partial charge in [-0.2, -0.15) is 5.26 Å². The van der Waals surface area contributed by atoms with E-state index in [1.165, 1.54) is 18.2 Å². The molecule has 0 aliphatic carbocycles. The first-order valence-electron chi connectivity index (χ1n) is 3.77. The first kappa shape index (κ1) is 11.1. The molecule has 14 heavy (non-hydrogen) atoms. The number of hydrogen-bond donors (Lipinski definition) is 2. The molecule has 2 N–H and O–H groups in total. The van der Waals surface area contributed by atoms with E-state index in [1.807, 2.05) is 0 Å². The van der Waals surface area contributed by atoms with Crippen molar-refractivity contribution in [1.29, 1.82) is 5.26 Å². The van der Waals surface area contributed by atoms with Gasteiger partial charge in [-0.05, 0) is 33.6 Å². The van der Waals surface area contributed by atoms with Crippen LogP contribution in [-0.4, -0.2) is 16.3 Å². The molecule has 1 aromatic carbocycles. The molecule has 3 nitrogen and oxygen atoms in total. The van der Waals surface area contributed by atoms with Crippen molar-refractivity contribution < 1.29 is 14.6 Å². The maximum absolute atomic E-state index is 12.8. The van der Waals surface area contributed by atoms with Crippen molar-refractivity contribution >= 4 is 15.9 Å². The summed E-state index contributed by atoms with van der Waals surface area (Å²) in [6.45, 7) is 0. The summed E-state index contributed by atoms with van der Waals surface area (Å²) in [5, 5.41) is 26.8. The number of rotatable bonds is 2. The van der Waals surface area contributed by atoms with Crippen LogP contribution in [0.5, 0.6) is 0 Å². The summed E-state index contributed by atoms with van der Waals surface area (Å²) in [6.07, 6.45) is -2.83. The largest absolute Gasteiger partial charge is 0.385 e. The first-order valence-corrected chi connectivity index (χ1v) is 4.56. The third kappa shape index (κ3) is 2.29. The highest BCUT2D eigenvalue weighted by molar-refractivity contribution is 9.10. The van der Waals surface area contributed by atoms with Gasteiger partial charge in [0.05, 0.1) is 10.5 Å². The Labute approximate surface area is 88.5 Å². The lowest BCUT2D eigenvalue weighted by atomic mass is 10.1. The minimum absolute atomic E-state index is 0.180. The molecule has 0 saturated carbocycles. The van der Waals surface area contributed by atoms with E-state index in [0.29, 0.717) is 0 Å². The van der Waals surface area contributed by atoms with Crippen molar-refractivity contribution in [2.75, 3.05) is 0 Å². The fourth-order valence-electron chi connectivity index (χ4n) is 0.949. The second-order valence-corrected chi connectivity index (χ2v) is 3.55.